The zero-order valence-electron chi connectivity index (χ0n) is 10.6. The van der Waals surface area contributed by atoms with Gasteiger partial charge in [-0.2, -0.15) is 0 Å². The number of amides is 1. The maximum absolute atomic E-state index is 12.8. The number of carbonyl (C=O) groups is 1. The Morgan fingerprint density at radius 3 is 2.37 bits per heavy atom. The lowest BCUT2D eigenvalue weighted by Crippen LogP contribution is -2.54. The zero-order chi connectivity index (χ0) is 13.8. The van der Waals surface area contributed by atoms with E-state index in [2.05, 4.69) is 4.90 Å². The first-order valence-electron chi connectivity index (χ1n) is 6.27. The summed E-state index contributed by atoms with van der Waals surface area (Å²) < 4.78 is 12.8. The van der Waals surface area contributed by atoms with Crippen LogP contribution in [0.5, 0.6) is 0 Å². The van der Waals surface area contributed by atoms with Gasteiger partial charge in [0.05, 0.1) is 6.61 Å². The summed E-state index contributed by atoms with van der Waals surface area (Å²) in [5, 5.41) is 8.87. The third-order valence-corrected chi connectivity index (χ3v) is 3.30. The van der Waals surface area contributed by atoms with Gasteiger partial charge >= 0.3 is 0 Å². The predicted molar refractivity (Wildman–Crippen MR) is 70.3 cm³/mol. The fraction of sp³-hybridized carbons (Fsp3) is 0.462. The molecule has 1 aromatic carbocycles. The van der Waals surface area contributed by atoms with E-state index in [-0.39, 0.29) is 18.3 Å². The molecule has 1 unspecified atom stereocenters. The Balaban J connectivity index is 1.92. The van der Waals surface area contributed by atoms with Crippen molar-refractivity contribution in [2.45, 2.75) is 6.04 Å². The SMILES string of the molecule is NC(CO)C(=O)N1CCN(c2ccc(F)cc2)CC1. The molecule has 1 aliphatic rings. The van der Waals surface area contributed by atoms with Crippen molar-refractivity contribution < 1.29 is 14.3 Å². The van der Waals surface area contributed by atoms with Crippen molar-refractivity contribution in [3.8, 4) is 0 Å². The highest BCUT2D eigenvalue weighted by Gasteiger charge is 2.24. The molecule has 1 aromatic rings. The molecule has 3 N–H and O–H groups in total. The van der Waals surface area contributed by atoms with Crippen LogP contribution in [0.15, 0.2) is 24.3 Å². The average molecular weight is 267 g/mol. The maximum Gasteiger partial charge on any atom is 0.241 e. The Labute approximate surface area is 111 Å². The van der Waals surface area contributed by atoms with Crippen LogP contribution in [0.25, 0.3) is 0 Å². The van der Waals surface area contributed by atoms with E-state index >= 15 is 0 Å². The molecule has 19 heavy (non-hydrogen) atoms. The molecule has 1 atom stereocenters. The average Bonchev–Trinajstić information content (AvgIpc) is 2.46. The number of piperazine rings is 1. The number of hydrogen-bond donors (Lipinski definition) is 2. The first-order chi connectivity index (χ1) is 9.11. The summed E-state index contributed by atoms with van der Waals surface area (Å²) in [6.45, 7) is 2.13. The summed E-state index contributed by atoms with van der Waals surface area (Å²) in [5.74, 6) is -0.479. The lowest BCUT2D eigenvalue weighted by Gasteiger charge is -2.37. The molecule has 0 aliphatic carbocycles. The van der Waals surface area contributed by atoms with Crippen LogP contribution in [-0.4, -0.2) is 54.7 Å². The normalized spacial score (nSPS) is 17.4. The zero-order valence-corrected chi connectivity index (χ0v) is 10.6. The van der Waals surface area contributed by atoms with Gasteiger partial charge in [-0.15, -0.1) is 0 Å². The summed E-state index contributed by atoms with van der Waals surface area (Å²) in [7, 11) is 0. The van der Waals surface area contributed by atoms with Crippen LogP contribution < -0.4 is 10.6 Å². The topological polar surface area (TPSA) is 69.8 Å². The van der Waals surface area contributed by atoms with Crippen molar-refractivity contribution >= 4 is 11.6 Å². The standard InChI is InChI=1S/C13H18FN3O2/c14-10-1-3-11(4-2-10)16-5-7-17(8-6-16)13(19)12(15)9-18/h1-4,12,18H,5-9,15H2. The van der Waals surface area contributed by atoms with Crippen molar-refractivity contribution in [1.29, 1.82) is 0 Å². The number of carbonyl (C=O) groups excluding carboxylic acids is 1. The summed E-state index contributed by atoms with van der Waals surface area (Å²) >= 11 is 0. The van der Waals surface area contributed by atoms with E-state index in [1.165, 1.54) is 12.1 Å². The third-order valence-electron chi connectivity index (χ3n) is 3.30. The maximum atomic E-state index is 12.8. The number of aliphatic hydroxyl groups is 1. The Morgan fingerprint density at radius 2 is 1.84 bits per heavy atom. The highest BCUT2D eigenvalue weighted by Crippen LogP contribution is 2.17. The van der Waals surface area contributed by atoms with Gasteiger partial charge in [0.25, 0.3) is 0 Å². The fourth-order valence-electron chi connectivity index (χ4n) is 2.15. The second-order valence-corrected chi connectivity index (χ2v) is 4.58. The summed E-state index contributed by atoms with van der Waals surface area (Å²) in [4.78, 5) is 15.5. The predicted octanol–water partition coefficient (Wildman–Crippen LogP) is -0.206. The molecule has 1 saturated heterocycles. The van der Waals surface area contributed by atoms with Gasteiger partial charge in [0.15, 0.2) is 0 Å². The van der Waals surface area contributed by atoms with Crippen LogP contribution in [0.2, 0.25) is 0 Å². The molecular weight excluding hydrogens is 249 g/mol. The molecule has 0 bridgehead atoms. The third kappa shape index (κ3) is 3.21. The van der Waals surface area contributed by atoms with Gasteiger partial charge in [0.1, 0.15) is 11.9 Å². The van der Waals surface area contributed by atoms with Crippen LogP contribution in [-0.2, 0) is 4.79 Å². The smallest absolute Gasteiger partial charge is 0.241 e. The molecule has 6 heteroatoms. The molecule has 104 valence electrons. The molecule has 0 saturated carbocycles. The molecule has 0 radical (unpaired) electrons. The first kappa shape index (κ1) is 13.8. The van der Waals surface area contributed by atoms with E-state index in [9.17, 15) is 9.18 Å². The quantitative estimate of drug-likeness (QED) is 0.795. The lowest BCUT2D eigenvalue weighted by atomic mass is 10.2. The Bertz CT molecular complexity index is 430. The summed E-state index contributed by atoms with van der Waals surface area (Å²) in [5.41, 5.74) is 6.46. The van der Waals surface area contributed by atoms with Crippen molar-refractivity contribution in [2.24, 2.45) is 5.73 Å². The largest absolute Gasteiger partial charge is 0.394 e. The number of nitrogens with two attached hydrogens (primary N) is 1. The van der Waals surface area contributed by atoms with Gasteiger partial charge in [-0.1, -0.05) is 0 Å². The fourth-order valence-corrected chi connectivity index (χ4v) is 2.15. The molecule has 0 aromatic heterocycles. The molecule has 1 heterocycles. The van der Waals surface area contributed by atoms with Crippen LogP contribution in [0, 0.1) is 5.82 Å². The second kappa shape index (κ2) is 5.99. The van der Waals surface area contributed by atoms with Gasteiger partial charge in [0, 0.05) is 31.9 Å². The van der Waals surface area contributed by atoms with Crippen molar-refractivity contribution in [1.82, 2.24) is 4.90 Å². The van der Waals surface area contributed by atoms with Gasteiger partial charge in [0.2, 0.25) is 5.91 Å². The number of rotatable bonds is 3. The minimum absolute atomic E-state index is 0.221. The minimum Gasteiger partial charge on any atom is -0.394 e. The van der Waals surface area contributed by atoms with E-state index < -0.39 is 6.04 Å². The molecular formula is C13H18FN3O2. The molecule has 1 aliphatic heterocycles. The van der Waals surface area contributed by atoms with Crippen LogP contribution in [0.4, 0.5) is 10.1 Å². The van der Waals surface area contributed by atoms with Gasteiger partial charge in [-0.3, -0.25) is 4.79 Å². The van der Waals surface area contributed by atoms with Gasteiger partial charge < -0.3 is 20.6 Å². The van der Waals surface area contributed by atoms with Crippen molar-refractivity contribution in [3.05, 3.63) is 30.1 Å². The highest BCUT2D eigenvalue weighted by atomic mass is 19.1. The number of hydrogen-bond acceptors (Lipinski definition) is 4. The Hall–Kier alpha value is -1.66. The van der Waals surface area contributed by atoms with E-state index in [0.29, 0.717) is 26.2 Å². The minimum atomic E-state index is -0.836. The lowest BCUT2D eigenvalue weighted by molar-refractivity contribution is -0.133. The molecule has 5 nitrogen and oxygen atoms in total. The number of anilines is 1. The highest BCUT2D eigenvalue weighted by molar-refractivity contribution is 5.82. The first-order valence-corrected chi connectivity index (χ1v) is 6.27. The Morgan fingerprint density at radius 1 is 1.26 bits per heavy atom. The summed E-state index contributed by atoms with van der Waals surface area (Å²) in [6.07, 6.45) is 0. The number of benzene rings is 1. The van der Waals surface area contributed by atoms with Gasteiger partial charge in [-0.05, 0) is 24.3 Å². The molecule has 2 rings (SSSR count). The van der Waals surface area contributed by atoms with Crippen molar-refractivity contribution in [2.75, 3.05) is 37.7 Å². The number of nitrogens with zero attached hydrogens (tertiary/aromatic N) is 2. The number of halogens is 1. The molecule has 1 fully saturated rings. The van der Waals surface area contributed by atoms with Gasteiger partial charge in [-0.25, -0.2) is 4.39 Å². The van der Waals surface area contributed by atoms with Crippen LogP contribution >= 0.6 is 0 Å². The van der Waals surface area contributed by atoms with E-state index in [1.807, 2.05) is 0 Å². The van der Waals surface area contributed by atoms with E-state index in [0.717, 1.165) is 5.69 Å². The van der Waals surface area contributed by atoms with Crippen LogP contribution in [0.1, 0.15) is 0 Å². The summed E-state index contributed by atoms with van der Waals surface area (Å²) in [6, 6.07) is 5.47. The monoisotopic (exact) mass is 267 g/mol. The molecule has 1 amide bonds. The number of aliphatic hydroxyl groups excluding tert-OH is 1. The van der Waals surface area contributed by atoms with Crippen molar-refractivity contribution in [3.63, 3.8) is 0 Å². The Kier molecular flexibility index (Phi) is 4.34. The van der Waals surface area contributed by atoms with E-state index in [1.54, 1.807) is 17.0 Å². The van der Waals surface area contributed by atoms with Crippen LogP contribution in [0.3, 0.4) is 0 Å². The van der Waals surface area contributed by atoms with E-state index in [4.69, 9.17) is 10.8 Å². The molecule has 0 spiro atoms. The second-order valence-electron chi connectivity index (χ2n) is 4.58.